The minimum atomic E-state index is -0.389. The highest BCUT2D eigenvalue weighted by molar-refractivity contribution is 5.96. The molecular formula is C10H9NO3. The predicted molar refractivity (Wildman–Crippen MR) is 50.6 cm³/mol. The van der Waals surface area contributed by atoms with E-state index in [0.717, 1.165) is 0 Å². The maximum Gasteiger partial charge on any atom is 0.345 e. The largest absolute Gasteiger partial charge is 0.480 e. The van der Waals surface area contributed by atoms with Gasteiger partial charge in [-0.05, 0) is 12.1 Å². The third-order valence-electron chi connectivity index (χ3n) is 1.90. The lowest BCUT2D eigenvalue weighted by molar-refractivity contribution is 0.0654. The van der Waals surface area contributed by atoms with E-state index >= 15 is 0 Å². The average Bonchev–Trinajstić information content (AvgIpc) is 2.39. The fourth-order valence-electron chi connectivity index (χ4n) is 1.20. The third-order valence-corrected chi connectivity index (χ3v) is 1.90. The van der Waals surface area contributed by atoms with Crippen molar-refractivity contribution in [2.75, 3.05) is 12.4 Å². The van der Waals surface area contributed by atoms with Crippen LogP contribution in [0.5, 0.6) is 0 Å². The van der Waals surface area contributed by atoms with Crippen molar-refractivity contribution in [3.05, 3.63) is 42.0 Å². The molecule has 1 N–H and O–H groups in total. The molecule has 0 amide bonds. The van der Waals surface area contributed by atoms with E-state index in [-0.39, 0.29) is 5.97 Å². The van der Waals surface area contributed by atoms with E-state index in [9.17, 15) is 4.79 Å². The Kier molecular flexibility index (Phi) is 2.10. The van der Waals surface area contributed by atoms with Crippen molar-refractivity contribution in [2.45, 2.75) is 0 Å². The van der Waals surface area contributed by atoms with Gasteiger partial charge >= 0.3 is 5.97 Å². The van der Waals surface area contributed by atoms with Crippen LogP contribution in [0.25, 0.3) is 0 Å². The first-order chi connectivity index (χ1) is 6.81. The maximum absolute atomic E-state index is 11.4. The molecule has 0 fully saturated rings. The van der Waals surface area contributed by atoms with Gasteiger partial charge in [-0.15, -0.1) is 0 Å². The van der Waals surface area contributed by atoms with Gasteiger partial charge in [0.1, 0.15) is 0 Å². The average molecular weight is 191 g/mol. The lowest BCUT2D eigenvalue weighted by atomic mass is 10.2. The van der Waals surface area contributed by atoms with E-state index in [1.165, 1.54) is 13.4 Å². The minimum absolute atomic E-state index is 0.389. The number of hydrogen-bond donors (Lipinski definition) is 1. The van der Waals surface area contributed by atoms with Crippen LogP contribution in [0.2, 0.25) is 0 Å². The summed E-state index contributed by atoms with van der Waals surface area (Å²) in [6.45, 7) is 0. The fourth-order valence-corrected chi connectivity index (χ4v) is 1.20. The van der Waals surface area contributed by atoms with Crippen LogP contribution in [-0.4, -0.2) is 13.1 Å². The summed E-state index contributed by atoms with van der Waals surface area (Å²) in [5.74, 6) is 0.0171. The van der Waals surface area contributed by atoms with Gasteiger partial charge in [0.05, 0.1) is 18.4 Å². The number of para-hydroxylation sites is 1. The van der Waals surface area contributed by atoms with E-state index in [1.807, 2.05) is 6.07 Å². The van der Waals surface area contributed by atoms with Crippen LogP contribution in [0.4, 0.5) is 5.69 Å². The highest BCUT2D eigenvalue weighted by atomic mass is 16.5. The number of cyclic esters (lactones) is 1. The Morgan fingerprint density at radius 2 is 2.14 bits per heavy atom. The first-order valence-electron chi connectivity index (χ1n) is 4.12. The topological polar surface area (TPSA) is 47.6 Å². The Morgan fingerprint density at radius 1 is 1.36 bits per heavy atom. The Balaban J connectivity index is 2.44. The van der Waals surface area contributed by atoms with Crippen molar-refractivity contribution in [1.29, 1.82) is 0 Å². The van der Waals surface area contributed by atoms with Gasteiger partial charge in [0.15, 0.2) is 6.26 Å². The molecule has 2 rings (SSSR count). The zero-order valence-corrected chi connectivity index (χ0v) is 7.61. The van der Waals surface area contributed by atoms with Crippen molar-refractivity contribution >= 4 is 11.7 Å². The molecule has 0 aromatic heterocycles. The quantitative estimate of drug-likeness (QED) is 0.686. The number of carbonyl (C=O) groups is 1. The summed E-state index contributed by atoms with van der Waals surface area (Å²) in [6.07, 6.45) is 1.25. The summed E-state index contributed by atoms with van der Waals surface area (Å²) in [4.78, 5) is 11.4. The molecule has 1 aromatic rings. The summed E-state index contributed by atoms with van der Waals surface area (Å²) < 4.78 is 9.79. The van der Waals surface area contributed by atoms with Crippen LogP contribution in [0, 0.1) is 0 Å². The zero-order chi connectivity index (χ0) is 9.97. The van der Waals surface area contributed by atoms with Gasteiger partial charge in [-0.1, -0.05) is 12.1 Å². The second kappa shape index (κ2) is 3.41. The number of ether oxygens (including phenoxy) is 2. The Hall–Kier alpha value is -1.97. The van der Waals surface area contributed by atoms with Crippen molar-refractivity contribution in [3.8, 4) is 0 Å². The number of rotatable bonds is 1. The lowest BCUT2D eigenvalue weighted by Crippen LogP contribution is -2.02. The molecule has 1 aliphatic rings. The van der Waals surface area contributed by atoms with Crippen molar-refractivity contribution in [3.63, 3.8) is 0 Å². The maximum atomic E-state index is 11.4. The molecule has 0 bridgehead atoms. The van der Waals surface area contributed by atoms with E-state index in [0.29, 0.717) is 17.1 Å². The van der Waals surface area contributed by atoms with Crippen molar-refractivity contribution in [2.24, 2.45) is 0 Å². The monoisotopic (exact) mass is 191 g/mol. The van der Waals surface area contributed by atoms with E-state index in [1.54, 1.807) is 18.2 Å². The van der Waals surface area contributed by atoms with Crippen molar-refractivity contribution < 1.29 is 14.3 Å². The molecular weight excluding hydrogens is 182 g/mol. The first-order valence-corrected chi connectivity index (χ1v) is 4.12. The van der Waals surface area contributed by atoms with E-state index < -0.39 is 0 Å². The molecule has 0 radical (unpaired) electrons. The summed E-state index contributed by atoms with van der Waals surface area (Å²) >= 11 is 0. The SMILES string of the molecule is COC1=COC(=O)c2ccccc2N1. The second-order valence-electron chi connectivity index (χ2n) is 2.76. The van der Waals surface area contributed by atoms with Gasteiger partial charge in [0.2, 0.25) is 5.88 Å². The number of methoxy groups -OCH3 is 1. The number of carbonyl (C=O) groups excluding carboxylic acids is 1. The molecule has 0 atom stereocenters. The number of hydrogen-bond acceptors (Lipinski definition) is 4. The minimum Gasteiger partial charge on any atom is -0.480 e. The van der Waals surface area contributed by atoms with Crippen LogP contribution >= 0.6 is 0 Å². The van der Waals surface area contributed by atoms with Gasteiger partial charge in [0, 0.05) is 0 Å². The van der Waals surface area contributed by atoms with E-state index in [4.69, 9.17) is 9.47 Å². The van der Waals surface area contributed by atoms with Crippen LogP contribution < -0.4 is 5.32 Å². The standard InChI is InChI=1S/C10H9NO3/c1-13-9-6-14-10(12)7-4-2-3-5-8(7)11-9/h2-6,11H,1H3. The Morgan fingerprint density at radius 3 is 2.93 bits per heavy atom. The van der Waals surface area contributed by atoms with Crippen LogP contribution in [0.15, 0.2) is 36.4 Å². The summed E-state index contributed by atoms with van der Waals surface area (Å²) in [5, 5.41) is 2.93. The molecule has 1 heterocycles. The first kappa shape index (κ1) is 8.62. The van der Waals surface area contributed by atoms with Gasteiger partial charge in [0.25, 0.3) is 0 Å². The molecule has 1 aromatic carbocycles. The molecule has 0 saturated carbocycles. The van der Waals surface area contributed by atoms with Gasteiger partial charge in [-0.3, -0.25) is 0 Å². The van der Waals surface area contributed by atoms with Gasteiger partial charge in [-0.25, -0.2) is 4.79 Å². The molecule has 14 heavy (non-hydrogen) atoms. The van der Waals surface area contributed by atoms with E-state index in [2.05, 4.69) is 5.32 Å². The Labute approximate surface area is 81.1 Å². The molecule has 4 nitrogen and oxygen atoms in total. The second-order valence-corrected chi connectivity index (χ2v) is 2.76. The van der Waals surface area contributed by atoms with Crippen LogP contribution in [0.1, 0.15) is 10.4 Å². The zero-order valence-electron chi connectivity index (χ0n) is 7.61. The van der Waals surface area contributed by atoms with Gasteiger partial charge in [-0.2, -0.15) is 0 Å². The predicted octanol–water partition coefficient (Wildman–Crippen LogP) is 1.71. The molecule has 0 saturated heterocycles. The molecule has 0 aliphatic carbocycles. The highest BCUT2D eigenvalue weighted by Crippen LogP contribution is 2.21. The summed E-state index contributed by atoms with van der Waals surface area (Å²) in [6, 6.07) is 7.09. The number of anilines is 1. The number of fused-ring (bicyclic) bond motifs is 1. The normalized spacial score (nSPS) is 14.4. The van der Waals surface area contributed by atoms with Gasteiger partial charge < -0.3 is 14.8 Å². The van der Waals surface area contributed by atoms with Crippen LogP contribution in [-0.2, 0) is 9.47 Å². The molecule has 0 spiro atoms. The Bertz CT molecular complexity index is 398. The number of nitrogens with one attached hydrogen (secondary N) is 1. The molecule has 72 valence electrons. The fraction of sp³-hybridized carbons (Fsp3) is 0.100. The number of benzene rings is 1. The highest BCUT2D eigenvalue weighted by Gasteiger charge is 2.16. The lowest BCUT2D eigenvalue weighted by Gasteiger charge is -2.06. The summed E-state index contributed by atoms with van der Waals surface area (Å²) in [5.41, 5.74) is 1.18. The smallest absolute Gasteiger partial charge is 0.345 e. The number of esters is 1. The molecule has 0 unspecified atom stereocenters. The molecule has 1 aliphatic heterocycles. The third kappa shape index (κ3) is 1.42. The van der Waals surface area contributed by atoms with Crippen LogP contribution in [0.3, 0.4) is 0 Å². The summed E-state index contributed by atoms with van der Waals surface area (Å²) in [7, 11) is 1.50. The van der Waals surface area contributed by atoms with Crippen molar-refractivity contribution in [1.82, 2.24) is 0 Å². The molecule has 4 heteroatoms.